The van der Waals surface area contributed by atoms with Crippen molar-refractivity contribution < 1.29 is 9.47 Å². The van der Waals surface area contributed by atoms with Crippen LogP contribution in [0.25, 0.3) is 0 Å². The summed E-state index contributed by atoms with van der Waals surface area (Å²) in [6.45, 7) is 5.61. The van der Waals surface area contributed by atoms with Gasteiger partial charge in [-0.3, -0.25) is 4.90 Å². The van der Waals surface area contributed by atoms with Gasteiger partial charge in [-0.2, -0.15) is 0 Å². The molecule has 1 aliphatic heterocycles. The van der Waals surface area contributed by atoms with E-state index in [2.05, 4.69) is 10.2 Å². The number of nitrogens with one attached hydrogen (secondary N) is 1. The highest BCUT2D eigenvalue weighted by Crippen LogP contribution is 2.24. The van der Waals surface area contributed by atoms with Crippen LogP contribution in [0.3, 0.4) is 0 Å². The highest BCUT2D eigenvalue weighted by Gasteiger charge is 2.12. The van der Waals surface area contributed by atoms with Crippen molar-refractivity contribution in [2.24, 2.45) is 0 Å². The molecule has 0 saturated carbocycles. The second-order valence-corrected chi connectivity index (χ2v) is 7.48. The Kier molecular flexibility index (Phi) is 7.73. The lowest BCUT2D eigenvalue weighted by molar-refractivity contribution is 0.0389. The van der Waals surface area contributed by atoms with Crippen LogP contribution < -0.4 is 10.1 Å². The third-order valence-electron chi connectivity index (χ3n) is 4.35. The van der Waals surface area contributed by atoms with E-state index >= 15 is 0 Å². The van der Waals surface area contributed by atoms with Gasteiger partial charge in [-0.05, 0) is 24.3 Å². The first kappa shape index (κ1) is 20.4. The summed E-state index contributed by atoms with van der Waals surface area (Å²) in [5.41, 5.74) is 1.75. The largest absolute Gasteiger partial charge is 0.488 e. The zero-order valence-electron chi connectivity index (χ0n) is 14.9. The minimum atomic E-state index is 0.351. The van der Waals surface area contributed by atoms with E-state index in [4.69, 9.17) is 44.9 Å². The number of nitrogens with zero attached hydrogens (tertiary/aromatic N) is 1. The summed E-state index contributed by atoms with van der Waals surface area (Å²) in [6.07, 6.45) is 0. The highest BCUT2D eigenvalue weighted by atomic mass is 35.5. The van der Waals surface area contributed by atoms with Gasteiger partial charge < -0.3 is 14.8 Å². The van der Waals surface area contributed by atoms with Crippen molar-refractivity contribution >= 4 is 40.4 Å². The number of hydrogen-bond acceptors (Lipinski definition) is 4. The third kappa shape index (κ3) is 6.06. The van der Waals surface area contributed by atoms with E-state index in [1.807, 2.05) is 30.3 Å². The highest BCUT2D eigenvalue weighted by molar-refractivity contribution is 7.80. The van der Waals surface area contributed by atoms with Gasteiger partial charge in [0.1, 0.15) is 17.3 Å². The van der Waals surface area contributed by atoms with E-state index in [0.29, 0.717) is 21.6 Å². The molecule has 0 atom stereocenters. The second-order valence-electron chi connectivity index (χ2n) is 6.23. The van der Waals surface area contributed by atoms with E-state index < -0.39 is 0 Å². The van der Waals surface area contributed by atoms with Gasteiger partial charge in [0.05, 0.1) is 18.8 Å². The number of morpholine rings is 1. The van der Waals surface area contributed by atoms with Crippen LogP contribution in [0.2, 0.25) is 10.0 Å². The molecule has 2 aromatic carbocycles. The van der Waals surface area contributed by atoms with Crippen LogP contribution in [0.1, 0.15) is 11.1 Å². The molecule has 1 N–H and O–H groups in total. The van der Waals surface area contributed by atoms with Crippen molar-refractivity contribution in [3.63, 3.8) is 0 Å². The van der Waals surface area contributed by atoms with E-state index in [-0.39, 0.29) is 0 Å². The van der Waals surface area contributed by atoms with Crippen LogP contribution in [-0.2, 0) is 11.3 Å². The molecule has 1 saturated heterocycles. The molecule has 1 heterocycles. The smallest absolute Gasteiger partial charge is 0.129 e. The molecule has 0 radical (unpaired) electrons. The third-order valence-corrected chi connectivity index (χ3v) is 5.30. The van der Waals surface area contributed by atoms with E-state index in [1.54, 1.807) is 12.1 Å². The number of para-hydroxylation sites is 1. The molecular weight excluding hydrogens is 403 g/mol. The molecule has 2 aromatic rings. The molecule has 27 heavy (non-hydrogen) atoms. The molecule has 0 unspecified atom stereocenters. The minimum absolute atomic E-state index is 0.351. The van der Waals surface area contributed by atoms with Gasteiger partial charge in [-0.1, -0.05) is 53.6 Å². The van der Waals surface area contributed by atoms with Gasteiger partial charge in [0.15, 0.2) is 0 Å². The summed E-state index contributed by atoms with van der Waals surface area (Å²) in [4.78, 5) is 3.05. The van der Waals surface area contributed by atoms with Gasteiger partial charge in [0, 0.05) is 41.8 Å². The van der Waals surface area contributed by atoms with Crippen molar-refractivity contribution in [3.05, 3.63) is 63.6 Å². The lowest BCUT2D eigenvalue weighted by Crippen LogP contribution is -2.41. The number of thiocarbonyl (C=S) groups is 1. The van der Waals surface area contributed by atoms with E-state index in [0.717, 1.165) is 56.3 Å². The maximum atomic E-state index is 6.22. The van der Waals surface area contributed by atoms with Crippen molar-refractivity contribution in [1.82, 2.24) is 10.2 Å². The maximum absolute atomic E-state index is 6.22. The summed E-state index contributed by atoms with van der Waals surface area (Å²) in [7, 11) is 0. The summed E-state index contributed by atoms with van der Waals surface area (Å²) in [6, 6.07) is 13.1. The van der Waals surface area contributed by atoms with Gasteiger partial charge >= 0.3 is 0 Å². The molecular formula is C20H22Cl2N2O2S. The van der Waals surface area contributed by atoms with E-state index in [9.17, 15) is 0 Å². The summed E-state index contributed by atoms with van der Waals surface area (Å²) in [5.74, 6) is 0.729. The summed E-state index contributed by atoms with van der Waals surface area (Å²) in [5, 5.41) is 4.52. The van der Waals surface area contributed by atoms with Crippen LogP contribution in [0.4, 0.5) is 0 Å². The van der Waals surface area contributed by atoms with E-state index in [1.165, 1.54) is 0 Å². The van der Waals surface area contributed by atoms with Crippen molar-refractivity contribution in [2.75, 3.05) is 39.4 Å². The van der Waals surface area contributed by atoms with Crippen molar-refractivity contribution in [3.8, 4) is 5.75 Å². The van der Waals surface area contributed by atoms with Crippen LogP contribution in [0.5, 0.6) is 5.75 Å². The molecule has 0 aliphatic carbocycles. The average molecular weight is 425 g/mol. The lowest BCUT2D eigenvalue weighted by atomic mass is 10.2. The monoisotopic (exact) mass is 424 g/mol. The number of hydrogen-bond donors (Lipinski definition) is 1. The SMILES string of the molecule is S=C(NCCN1CCOCC1)c1ccccc1OCc1ccc(Cl)cc1Cl. The average Bonchev–Trinajstić information content (AvgIpc) is 2.68. The first-order valence-corrected chi connectivity index (χ1v) is 10.0. The van der Waals surface area contributed by atoms with Crippen LogP contribution in [0.15, 0.2) is 42.5 Å². The molecule has 0 amide bonds. The molecule has 1 aliphatic rings. The number of rotatable bonds is 7. The predicted octanol–water partition coefficient (Wildman–Crippen LogP) is 4.17. The molecule has 7 heteroatoms. The summed E-state index contributed by atoms with van der Waals surface area (Å²) >= 11 is 17.7. The minimum Gasteiger partial charge on any atom is -0.488 e. The predicted molar refractivity (Wildman–Crippen MR) is 114 cm³/mol. The number of benzene rings is 2. The fourth-order valence-corrected chi connectivity index (χ4v) is 3.56. The summed E-state index contributed by atoms with van der Waals surface area (Å²) < 4.78 is 11.3. The Hall–Kier alpha value is -1.37. The maximum Gasteiger partial charge on any atom is 0.129 e. The fourth-order valence-electron chi connectivity index (χ4n) is 2.82. The van der Waals surface area contributed by atoms with Gasteiger partial charge in [0.2, 0.25) is 0 Å². The normalized spacial score (nSPS) is 14.7. The Bertz CT molecular complexity index is 782. The van der Waals surface area contributed by atoms with Gasteiger partial charge in [-0.25, -0.2) is 0 Å². The zero-order valence-corrected chi connectivity index (χ0v) is 17.2. The second kappa shape index (κ2) is 10.2. The molecule has 0 aromatic heterocycles. The van der Waals surface area contributed by atoms with Crippen LogP contribution in [-0.4, -0.2) is 49.3 Å². The molecule has 144 valence electrons. The molecule has 4 nitrogen and oxygen atoms in total. The van der Waals surface area contributed by atoms with Crippen molar-refractivity contribution in [2.45, 2.75) is 6.61 Å². The number of ether oxygens (including phenoxy) is 2. The molecule has 0 bridgehead atoms. The first-order chi connectivity index (χ1) is 13.1. The topological polar surface area (TPSA) is 33.7 Å². The Morgan fingerprint density at radius 1 is 1.15 bits per heavy atom. The Balaban J connectivity index is 1.56. The Morgan fingerprint density at radius 3 is 2.70 bits per heavy atom. The Labute approximate surface area is 175 Å². The molecule has 3 rings (SSSR count). The number of halogens is 2. The zero-order chi connectivity index (χ0) is 19.1. The quantitative estimate of drug-likeness (QED) is 0.674. The first-order valence-electron chi connectivity index (χ1n) is 8.87. The molecule has 0 spiro atoms. The van der Waals surface area contributed by atoms with Crippen molar-refractivity contribution in [1.29, 1.82) is 0 Å². The van der Waals surface area contributed by atoms with Gasteiger partial charge in [-0.15, -0.1) is 0 Å². The molecule has 1 fully saturated rings. The fraction of sp³-hybridized carbons (Fsp3) is 0.350. The standard InChI is InChI=1S/C20H22Cl2N2O2S/c21-16-6-5-15(18(22)13-16)14-26-19-4-2-1-3-17(19)20(27)23-7-8-24-9-11-25-12-10-24/h1-6,13H,7-12,14H2,(H,23,27). The van der Waals surface area contributed by atoms with Crippen LogP contribution >= 0.6 is 35.4 Å². The Morgan fingerprint density at radius 2 is 1.93 bits per heavy atom. The van der Waals surface area contributed by atoms with Gasteiger partial charge in [0.25, 0.3) is 0 Å². The van der Waals surface area contributed by atoms with Crippen LogP contribution in [0, 0.1) is 0 Å². The lowest BCUT2D eigenvalue weighted by Gasteiger charge is -2.26.